The molecule has 0 bridgehead atoms. The summed E-state index contributed by atoms with van der Waals surface area (Å²) in [6.45, 7) is 11.5. The zero-order chi connectivity index (χ0) is 23.2. The number of anilines is 2. The van der Waals surface area contributed by atoms with Gasteiger partial charge in [-0.25, -0.2) is 0 Å². The maximum Gasteiger partial charge on any atom is 0.251 e. The van der Waals surface area contributed by atoms with E-state index in [4.69, 9.17) is 0 Å². The first-order valence-electron chi connectivity index (χ1n) is 10.2. The zero-order valence-electron chi connectivity index (χ0n) is 19.1. The van der Waals surface area contributed by atoms with Gasteiger partial charge in [0.25, 0.3) is 11.8 Å². The van der Waals surface area contributed by atoms with Gasteiger partial charge in [0.1, 0.15) is 0 Å². The van der Waals surface area contributed by atoms with E-state index in [0.29, 0.717) is 22.5 Å². The van der Waals surface area contributed by atoms with Gasteiger partial charge in [0.15, 0.2) is 0 Å². The molecule has 31 heavy (non-hydrogen) atoms. The predicted molar refractivity (Wildman–Crippen MR) is 124 cm³/mol. The second-order valence-corrected chi connectivity index (χ2v) is 9.47. The minimum Gasteiger partial charge on any atom is -0.376 e. The normalized spacial score (nSPS) is 11.4. The molecule has 4 N–H and O–H groups in total. The van der Waals surface area contributed by atoms with E-state index in [1.807, 2.05) is 41.5 Å². The standard InChI is InChI=1S/C24H32N4O3/c1-23(2,3)27-21(30)16-9-7-11-18(13-16)25-15-20(29)26-19-12-8-10-17(14-19)22(31)28-24(4,5)6/h7-14,25H,15H2,1-6H3,(H,26,29)(H,27,30)(H,28,31). The van der Waals surface area contributed by atoms with Gasteiger partial charge in [-0.3, -0.25) is 14.4 Å². The SMILES string of the molecule is CC(C)(C)NC(=O)c1cccc(NCC(=O)Nc2cccc(C(=O)NC(C)(C)C)c2)c1. The molecule has 0 fully saturated rings. The quantitative estimate of drug-likeness (QED) is 0.567. The molecular formula is C24H32N4O3. The first-order valence-corrected chi connectivity index (χ1v) is 10.2. The minimum absolute atomic E-state index is 0.0166. The molecule has 0 spiro atoms. The lowest BCUT2D eigenvalue weighted by molar-refractivity contribution is -0.114. The highest BCUT2D eigenvalue weighted by Crippen LogP contribution is 2.14. The van der Waals surface area contributed by atoms with Crippen LogP contribution in [0.3, 0.4) is 0 Å². The van der Waals surface area contributed by atoms with Crippen molar-refractivity contribution in [2.45, 2.75) is 52.6 Å². The molecule has 7 nitrogen and oxygen atoms in total. The van der Waals surface area contributed by atoms with Crippen molar-refractivity contribution in [3.05, 3.63) is 59.7 Å². The molecule has 0 atom stereocenters. The number of amides is 3. The van der Waals surface area contributed by atoms with Crippen LogP contribution in [-0.4, -0.2) is 35.3 Å². The number of benzene rings is 2. The molecule has 0 unspecified atom stereocenters. The summed E-state index contributed by atoms with van der Waals surface area (Å²) in [5, 5.41) is 11.6. The summed E-state index contributed by atoms with van der Waals surface area (Å²) in [6.07, 6.45) is 0. The van der Waals surface area contributed by atoms with Gasteiger partial charge in [-0.1, -0.05) is 12.1 Å². The van der Waals surface area contributed by atoms with E-state index in [-0.39, 0.29) is 35.3 Å². The lowest BCUT2D eigenvalue weighted by atomic mass is 10.1. The lowest BCUT2D eigenvalue weighted by Gasteiger charge is -2.21. The Labute approximate surface area is 184 Å². The first kappa shape index (κ1) is 23.9. The molecule has 166 valence electrons. The van der Waals surface area contributed by atoms with Gasteiger partial charge in [0, 0.05) is 33.6 Å². The van der Waals surface area contributed by atoms with Crippen molar-refractivity contribution in [1.82, 2.24) is 10.6 Å². The van der Waals surface area contributed by atoms with Crippen LogP contribution in [0.1, 0.15) is 62.3 Å². The first-order chi connectivity index (χ1) is 14.3. The molecule has 0 saturated carbocycles. The van der Waals surface area contributed by atoms with E-state index in [0.717, 1.165) is 0 Å². The van der Waals surface area contributed by atoms with Gasteiger partial charge in [-0.2, -0.15) is 0 Å². The predicted octanol–water partition coefficient (Wildman–Crippen LogP) is 3.79. The Bertz CT molecular complexity index is 956. The van der Waals surface area contributed by atoms with Crippen molar-refractivity contribution >= 4 is 29.1 Å². The fourth-order valence-corrected chi connectivity index (χ4v) is 2.72. The molecule has 0 aliphatic heterocycles. The Hall–Kier alpha value is -3.35. The summed E-state index contributed by atoms with van der Waals surface area (Å²) in [4.78, 5) is 37.0. The van der Waals surface area contributed by atoms with Crippen molar-refractivity contribution in [1.29, 1.82) is 0 Å². The smallest absolute Gasteiger partial charge is 0.251 e. The average molecular weight is 425 g/mol. The fraction of sp³-hybridized carbons (Fsp3) is 0.375. The lowest BCUT2D eigenvalue weighted by Crippen LogP contribution is -2.40. The Morgan fingerprint density at radius 3 is 1.65 bits per heavy atom. The number of carbonyl (C=O) groups is 3. The van der Waals surface area contributed by atoms with Gasteiger partial charge < -0.3 is 21.3 Å². The summed E-state index contributed by atoms with van der Waals surface area (Å²) in [5.41, 5.74) is 1.50. The highest BCUT2D eigenvalue weighted by atomic mass is 16.2. The number of rotatable bonds is 6. The summed E-state index contributed by atoms with van der Waals surface area (Å²) >= 11 is 0. The third-order valence-electron chi connectivity index (χ3n) is 3.96. The second-order valence-electron chi connectivity index (χ2n) is 9.47. The number of nitrogens with one attached hydrogen (secondary N) is 4. The highest BCUT2D eigenvalue weighted by molar-refractivity contribution is 5.98. The van der Waals surface area contributed by atoms with Crippen molar-refractivity contribution in [3.8, 4) is 0 Å². The van der Waals surface area contributed by atoms with E-state index in [2.05, 4.69) is 21.3 Å². The van der Waals surface area contributed by atoms with E-state index < -0.39 is 0 Å². The summed E-state index contributed by atoms with van der Waals surface area (Å²) < 4.78 is 0. The van der Waals surface area contributed by atoms with Crippen LogP contribution in [0.2, 0.25) is 0 Å². The Kier molecular flexibility index (Phi) is 7.44. The molecular weight excluding hydrogens is 392 g/mol. The molecule has 2 aromatic rings. The molecule has 0 aromatic heterocycles. The summed E-state index contributed by atoms with van der Waals surface area (Å²) in [6, 6.07) is 13.8. The van der Waals surface area contributed by atoms with E-state index in [1.165, 1.54) is 0 Å². The molecule has 2 aromatic carbocycles. The van der Waals surface area contributed by atoms with Crippen molar-refractivity contribution < 1.29 is 14.4 Å². The van der Waals surface area contributed by atoms with Gasteiger partial charge in [0.05, 0.1) is 6.54 Å². The van der Waals surface area contributed by atoms with Crippen LogP contribution in [0.5, 0.6) is 0 Å². The Morgan fingerprint density at radius 1 is 0.710 bits per heavy atom. The van der Waals surface area contributed by atoms with Crippen molar-refractivity contribution in [2.75, 3.05) is 17.2 Å². The van der Waals surface area contributed by atoms with Gasteiger partial charge in [-0.15, -0.1) is 0 Å². The largest absolute Gasteiger partial charge is 0.376 e. The molecule has 3 amide bonds. The van der Waals surface area contributed by atoms with Crippen LogP contribution in [0, 0.1) is 0 Å². The number of hydrogen-bond donors (Lipinski definition) is 4. The van der Waals surface area contributed by atoms with Crippen LogP contribution >= 0.6 is 0 Å². The zero-order valence-corrected chi connectivity index (χ0v) is 19.1. The fourth-order valence-electron chi connectivity index (χ4n) is 2.72. The van der Waals surface area contributed by atoms with Crippen LogP contribution in [-0.2, 0) is 4.79 Å². The van der Waals surface area contributed by atoms with E-state index in [1.54, 1.807) is 48.5 Å². The molecule has 0 aliphatic rings. The van der Waals surface area contributed by atoms with Gasteiger partial charge in [-0.05, 0) is 77.9 Å². The van der Waals surface area contributed by atoms with Crippen LogP contribution < -0.4 is 21.3 Å². The second kappa shape index (κ2) is 9.64. The molecule has 0 aliphatic carbocycles. The molecule has 7 heteroatoms. The Balaban J connectivity index is 1.96. The van der Waals surface area contributed by atoms with Gasteiger partial charge >= 0.3 is 0 Å². The summed E-state index contributed by atoms with van der Waals surface area (Å²) in [7, 11) is 0. The molecule has 0 radical (unpaired) electrons. The number of carbonyl (C=O) groups excluding carboxylic acids is 3. The van der Waals surface area contributed by atoms with Crippen molar-refractivity contribution in [3.63, 3.8) is 0 Å². The Morgan fingerprint density at radius 2 is 1.16 bits per heavy atom. The molecule has 0 saturated heterocycles. The monoisotopic (exact) mass is 424 g/mol. The maximum absolute atomic E-state index is 12.3. The van der Waals surface area contributed by atoms with Crippen molar-refractivity contribution in [2.24, 2.45) is 0 Å². The topological polar surface area (TPSA) is 99.3 Å². The summed E-state index contributed by atoms with van der Waals surface area (Å²) in [5.74, 6) is -0.643. The third kappa shape index (κ3) is 8.50. The van der Waals surface area contributed by atoms with Crippen LogP contribution in [0.4, 0.5) is 11.4 Å². The van der Waals surface area contributed by atoms with Crippen LogP contribution in [0.15, 0.2) is 48.5 Å². The van der Waals surface area contributed by atoms with E-state index in [9.17, 15) is 14.4 Å². The molecule has 0 heterocycles. The van der Waals surface area contributed by atoms with Gasteiger partial charge in [0.2, 0.25) is 5.91 Å². The van der Waals surface area contributed by atoms with Crippen LogP contribution in [0.25, 0.3) is 0 Å². The maximum atomic E-state index is 12.3. The third-order valence-corrected chi connectivity index (χ3v) is 3.96. The number of hydrogen-bond acceptors (Lipinski definition) is 4. The average Bonchev–Trinajstić information content (AvgIpc) is 2.64. The van der Waals surface area contributed by atoms with E-state index >= 15 is 0 Å². The molecule has 2 rings (SSSR count). The minimum atomic E-state index is -0.349. The highest BCUT2D eigenvalue weighted by Gasteiger charge is 2.17.